The summed E-state index contributed by atoms with van der Waals surface area (Å²) in [6.07, 6.45) is 0.556. The van der Waals surface area contributed by atoms with Gasteiger partial charge in [-0.3, -0.25) is 5.10 Å². The number of hydrogen-bond acceptors (Lipinski definition) is 3. The first-order valence-electron chi connectivity index (χ1n) is 4.70. The van der Waals surface area contributed by atoms with Gasteiger partial charge in [0, 0.05) is 12.1 Å². The number of rotatable bonds is 3. The van der Waals surface area contributed by atoms with E-state index in [1.807, 2.05) is 0 Å². The predicted molar refractivity (Wildman–Crippen MR) is 56.5 cm³/mol. The van der Waals surface area contributed by atoms with E-state index in [1.54, 1.807) is 24.3 Å². The molecule has 0 radical (unpaired) electrons. The molecule has 1 heterocycles. The number of aromatic carboxylic acids is 1. The minimum Gasteiger partial charge on any atom is -0.508 e. The molecule has 0 fully saturated rings. The molecule has 0 saturated carbocycles. The highest BCUT2D eigenvalue weighted by Gasteiger charge is 2.08. The lowest BCUT2D eigenvalue weighted by molar-refractivity contribution is 0.0690. The topological polar surface area (TPSA) is 86.2 Å². The second-order valence-electron chi connectivity index (χ2n) is 3.43. The molecule has 3 N–H and O–H groups in total. The summed E-state index contributed by atoms with van der Waals surface area (Å²) in [5.74, 6) is -0.840. The molecule has 0 atom stereocenters. The van der Waals surface area contributed by atoms with Crippen LogP contribution in [-0.4, -0.2) is 26.4 Å². The van der Waals surface area contributed by atoms with Crippen LogP contribution in [0.3, 0.4) is 0 Å². The number of benzene rings is 1. The van der Waals surface area contributed by atoms with Gasteiger partial charge in [-0.2, -0.15) is 5.10 Å². The Morgan fingerprint density at radius 2 is 2.00 bits per heavy atom. The van der Waals surface area contributed by atoms with Crippen LogP contribution in [0.15, 0.2) is 30.3 Å². The lowest BCUT2D eigenvalue weighted by atomic mass is 10.1. The summed E-state index contributed by atoms with van der Waals surface area (Å²) < 4.78 is 0. The van der Waals surface area contributed by atoms with Crippen molar-refractivity contribution < 1.29 is 15.0 Å². The van der Waals surface area contributed by atoms with E-state index in [9.17, 15) is 4.79 Å². The summed E-state index contributed by atoms with van der Waals surface area (Å²) in [7, 11) is 0. The quantitative estimate of drug-likeness (QED) is 0.726. The van der Waals surface area contributed by atoms with Crippen molar-refractivity contribution in [2.75, 3.05) is 0 Å². The highest BCUT2D eigenvalue weighted by Crippen LogP contribution is 2.13. The zero-order valence-corrected chi connectivity index (χ0v) is 8.34. The van der Waals surface area contributed by atoms with Gasteiger partial charge in [0.1, 0.15) is 5.75 Å². The van der Waals surface area contributed by atoms with E-state index in [-0.39, 0.29) is 11.4 Å². The minimum atomic E-state index is -1.05. The van der Waals surface area contributed by atoms with Crippen LogP contribution in [0.1, 0.15) is 21.7 Å². The molecule has 0 spiro atoms. The van der Waals surface area contributed by atoms with Gasteiger partial charge in [0.25, 0.3) is 0 Å². The number of nitrogens with zero attached hydrogens (tertiary/aromatic N) is 1. The predicted octanol–water partition coefficient (Wildman–Crippen LogP) is 1.40. The van der Waals surface area contributed by atoms with Crippen molar-refractivity contribution in [1.29, 1.82) is 0 Å². The summed E-state index contributed by atoms with van der Waals surface area (Å²) in [6.45, 7) is 0. The molecule has 0 aliphatic carbocycles. The molecule has 0 aliphatic heterocycles. The van der Waals surface area contributed by atoms with Crippen LogP contribution in [-0.2, 0) is 6.42 Å². The van der Waals surface area contributed by atoms with E-state index < -0.39 is 5.97 Å². The third-order valence-corrected chi connectivity index (χ3v) is 2.18. The van der Waals surface area contributed by atoms with Gasteiger partial charge in [0.05, 0.1) is 0 Å². The maximum absolute atomic E-state index is 10.6. The standard InChI is InChI=1S/C11H10N2O3/c14-9-3-1-7(2-4-9)5-8-6-10(11(15)16)13-12-8/h1-4,6,14H,5H2,(H,12,13)(H,15,16). The molecule has 2 rings (SSSR count). The van der Waals surface area contributed by atoms with E-state index in [4.69, 9.17) is 10.2 Å². The number of carbonyl (C=O) groups is 1. The molecule has 16 heavy (non-hydrogen) atoms. The van der Waals surface area contributed by atoms with Gasteiger partial charge in [0.15, 0.2) is 5.69 Å². The maximum Gasteiger partial charge on any atom is 0.356 e. The average molecular weight is 218 g/mol. The first-order chi connectivity index (χ1) is 7.65. The van der Waals surface area contributed by atoms with Gasteiger partial charge in [-0.1, -0.05) is 12.1 Å². The van der Waals surface area contributed by atoms with Gasteiger partial charge in [0.2, 0.25) is 0 Å². The Balaban J connectivity index is 2.14. The van der Waals surface area contributed by atoms with E-state index in [0.717, 1.165) is 11.3 Å². The molecule has 0 aliphatic rings. The van der Waals surface area contributed by atoms with E-state index >= 15 is 0 Å². The van der Waals surface area contributed by atoms with E-state index in [1.165, 1.54) is 6.07 Å². The van der Waals surface area contributed by atoms with Crippen LogP contribution in [0, 0.1) is 0 Å². The van der Waals surface area contributed by atoms with Crippen LogP contribution in [0.5, 0.6) is 5.75 Å². The Labute approximate surface area is 91.4 Å². The molecule has 82 valence electrons. The largest absolute Gasteiger partial charge is 0.508 e. The normalized spacial score (nSPS) is 10.2. The number of nitrogens with one attached hydrogen (secondary N) is 1. The summed E-state index contributed by atoms with van der Waals surface area (Å²) >= 11 is 0. The molecule has 1 aromatic carbocycles. The number of aromatic hydroxyl groups is 1. The number of aromatic nitrogens is 2. The van der Waals surface area contributed by atoms with Gasteiger partial charge in [-0.05, 0) is 23.8 Å². The summed E-state index contributed by atoms with van der Waals surface area (Å²) in [5, 5.41) is 24.1. The van der Waals surface area contributed by atoms with E-state index in [2.05, 4.69) is 10.2 Å². The number of carboxylic acids is 1. The van der Waals surface area contributed by atoms with Crippen molar-refractivity contribution in [2.45, 2.75) is 6.42 Å². The molecule has 5 heteroatoms. The molecule has 0 saturated heterocycles. The Kier molecular flexibility index (Phi) is 2.59. The maximum atomic E-state index is 10.6. The average Bonchev–Trinajstić information content (AvgIpc) is 2.70. The lowest BCUT2D eigenvalue weighted by Crippen LogP contribution is -1.95. The summed E-state index contributed by atoms with van der Waals surface area (Å²) in [4.78, 5) is 10.6. The third-order valence-electron chi connectivity index (χ3n) is 2.18. The van der Waals surface area contributed by atoms with Gasteiger partial charge in [-0.25, -0.2) is 4.79 Å². The Hall–Kier alpha value is -2.30. The molecule has 0 bridgehead atoms. The second kappa shape index (κ2) is 4.06. The fourth-order valence-electron chi connectivity index (χ4n) is 1.40. The van der Waals surface area contributed by atoms with Crippen LogP contribution >= 0.6 is 0 Å². The lowest BCUT2D eigenvalue weighted by Gasteiger charge is -1.98. The van der Waals surface area contributed by atoms with Gasteiger partial charge >= 0.3 is 5.97 Å². The number of H-pyrrole nitrogens is 1. The number of aromatic amines is 1. The highest BCUT2D eigenvalue weighted by atomic mass is 16.4. The second-order valence-corrected chi connectivity index (χ2v) is 3.43. The number of carboxylic acid groups (broad SMARTS) is 1. The minimum absolute atomic E-state index is 0.00813. The molecule has 1 aromatic heterocycles. The number of phenolic OH excluding ortho intramolecular Hbond substituents is 1. The zero-order chi connectivity index (χ0) is 11.5. The Bertz CT molecular complexity index is 502. The molecular weight excluding hydrogens is 208 g/mol. The number of phenols is 1. The molecular formula is C11H10N2O3. The van der Waals surface area contributed by atoms with Crippen LogP contribution in [0.25, 0.3) is 0 Å². The highest BCUT2D eigenvalue weighted by molar-refractivity contribution is 5.85. The van der Waals surface area contributed by atoms with Crippen LogP contribution < -0.4 is 0 Å². The van der Waals surface area contributed by atoms with Crippen molar-refractivity contribution in [3.63, 3.8) is 0 Å². The smallest absolute Gasteiger partial charge is 0.356 e. The van der Waals surface area contributed by atoms with Crippen molar-refractivity contribution in [3.05, 3.63) is 47.3 Å². The van der Waals surface area contributed by atoms with Crippen molar-refractivity contribution in [2.24, 2.45) is 0 Å². The van der Waals surface area contributed by atoms with E-state index in [0.29, 0.717) is 6.42 Å². The first kappa shape index (κ1) is 10.2. The Morgan fingerprint density at radius 1 is 1.31 bits per heavy atom. The number of hydrogen-bond donors (Lipinski definition) is 3. The van der Waals surface area contributed by atoms with Crippen LogP contribution in [0.2, 0.25) is 0 Å². The first-order valence-corrected chi connectivity index (χ1v) is 4.70. The summed E-state index contributed by atoms with van der Waals surface area (Å²) in [6, 6.07) is 8.22. The van der Waals surface area contributed by atoms with Crippen molar-refractivity contribution >= 4 is 5.97 Å². The van der Waals surface area contributed by atoms with Crippen molar-refractivity contribution in [3.8, 4) is 5.75 Å². The van der Waals surface area contributed by atoms with Gasteiger partial charge in [-0.15, -0.1) is 0 Å². The fourth-order valence-corrected chi connectivity index (χ4v) is 1.40. The molecule has 2 aromatic rings. The monoisotopic (exact) mass is 218 g/mol. The van der Waals surface area contributed by atoms with Crippen molar-refractivity contribution in [1.82, 2.24) is 10.2 Å². The molecule has 0 amide bonds. The SMILES string of the molecule is O=C(O)c1cc(Cc2ccc(O)cc2)[nH]n1. The fraction of sp³-hybridized carbons (Fsp3) is 0.0909. The third kappa shape index (κ3) is 2.20. The van der Waals surface area contributed by atoms with Gasteiger partial charge < -0.3 is 10.2 Å². The zero-order valence-electron chi connectivity index (χ0n) is 8.34. The molecule has 0 unspecified atom stereocenters. The summed E-state index contributed by atoms with van der Waals surface area (Å²) in [5.41, 5.74) is 1.70. The Morgan fingerprint density at radius 3 is 2.56 bits per heavy atom. The van der Waals surface area contributed by atoms with Crippen LogP contribution in [0.4, 0.5) is 0 Å². The molecule has 5 nitrogen and oxygen atoms in total.